The van der Waals surface area contributed by atoms with Gasteiger partial charge in [0, 0.05) is 12.6 Å². The van der Waals surface area contributed by atoms with Crippen molar-refractivity contribution < 1.29 is 14.3 Å². The number of hydrogen-bond acceptors (Lipinski definition) is 3. The van der Waals surface area contributed by atoms with Crippen molar-refractivity contribution in [2.45, 2.75) is 40.5 Å². The van der Waals surface area contributed by atoms with Crippen LogP contribution < -0.4 is 15.0 Å². The van der Waals surface area contributed by atoms with Gasteiger partial charge in [-0.3, -0.25) is 14.5 Å². The zero-order chi connectivity index (χ0) is 20.1. The number of rotatable bonds is 6. The van der Waals surface area contributed by atoms with Crippen molar-refractivity contribution in [1.29, 1.82) is 0 Å². The Hall–Kier alpha value is -2.82. The summed E-state index contributed by atoms with van der Waals surface area (Å²) in [6, 6.07) is 11.5. The van der Waals surface area contributed by atoms with Crippen LogP contribution in [0.2, 0.25) is 0 Å². The number of amides is 2. The Morgan fingerprint density at radius 1 is 1.15 bits per heavy atom. The molecule has 0 bridgehead atoms. The van der Waals surface area contributed by atoms with Crippen LogP contribution in [0.15, 0.2) is 36.4 Å². The maximum atomic E-state index is 12.8. The highest BCUT2D eigenvalue weighted by molar-refractivity contribution is 6.03. The molecule has 0 saturated heterocycles. The predicted molar refractivity (Wildman–Crippen MR) is 110 cm³/mol. The van der Waals surface area contributed by atoms with Crippen molar-refractivity contribution in [2.75, 3.05) is 23.9 Å². The molecule has 5 heteroatoms. The Labute approximate surface area is 161 Å². The molecule has 0 spiro atoms. The number of anilines is 2. The summed E-state index contributed by atoms with van der Waals surface area (Å²) in [5.41, 5.74) is 4.47. The van der Waals surface area contributed by atoms with Crippen molar-refractivity contribution >= 4 is 23.2 Å². The number of para-hydroxylation sites is 1. The molecule has 2 amide bonds. The van der Waals surface area contributed by atoms with Crippen LogP contribution in [0.3, 0.4) is 0 Å². The molecule has 144 valence electrons. The van der Waals surface area contributed by atoms with Crippen molar-refractivity contribution in [1.82, 2.24) is 0 Å². The van der Waals surface area contributed by atoms with E-state index in [2.05, 4.69) is 19.2 Å². The molecular formula is C22H28N2O3. The molecule has 0 fully saturated rings. The van der Waals surface area contributed by atoms with Crippen LogP contribution in [0.4, 0.5) is 11.4 Å². The second kappa shape index (κ2) is 8.71. The van der Waals surface area contributed by atoms with Gasteiger partial charge >= 0.3 is 0 Å². The van der Waals surface area contributed by atoms with Crippen LogP contribution in [0.25, 0.3) is 0 Å². The highest BCUT2D eigenvalue weighted by Crippen LogP contribution is 2.30. The van der Waals surface area contributed by atoms with Gasteiger partial charge in [-0.15, -0.1) is 0 Å². The quantitative estimate of drug-likeness (QED) is 0.821. The van der Waals surface area contributed by atoms with Crippen molar-refractivity contribution in [3.63, 3.8) is 0 Å². The number of carbonyl (C=O) groups excluding carboxylic acids is 2. The van der Waals surface area contributed by atoms with Gasteiger partial charge in [0.05, 0.1) is 12.8 Å². The van der Waals surface area contributed by atoms with Crippen LogP contribution in [0.1, 0.15) is 43.4 Å². The fourth-order valence-corrected chi connectivity index (χ4v) is 3.04. The average Bonchev–Trinajstić information content (AvgIpc) is 2.60. The fourth-order valence-electron chi connectivity index (χ4n) is 3.04. The molecule has 0 heterocycles. The zero-order valence-corrected chi connectivity index (χ0v) is 16.9. The van der Waals surface area contributed by atoms with E-state index in [0.717, 1.165) is 22.4 Å². The second-order valence-electron chi connectivity index (χ2n) is 7.02. The predicted octanol–water partition coefficient (Wildman–Crippen LogP) is 4.43. The van der Waals surface area contributed by atoms with Gasteiger partial charge in [-0.25, -0.2) is 0 Å². The highest BCUT2D eigenvalue weighted by Gasteiger charge is 2.21. The molecule has 0 unspecified atom stereocenters. The van der Waals surface area contributed by atoms with Gasteiger partial charge < -0.3 is 10.1 Å². The van der Waals surface area contributed by atoms with E-state index >= 15 is 0 Å². The monoisotopic (exact) mass is 368 g/mol. The molecule has 1 N–H and O–H groups in total. The number of nitrogens with zero attached hydrogens (tertiary/aromatic N) is 1. The maximum Gasteiger partial charge on any atom is 0.244 e. The zero-order valence-electron chi connectivity index (χ0n) is 16.9. The minimum atomic E-state index is -0.245. The van der Waals surface area contributed by atoms with Crippen LogP contribution in [0.5, 0.6) is 5.75 Å². The molecule has 0 aliphatic heterocycles. The summed E-state index contributed by atoms with van der Waals surface area (Å²) in [4.78, 5) is 26.4. The molecular weight excluding hydrogens is 340 g/mol. The Bertz CT molecular complexity index is 843. The topological polar surface area (TPSA) is 58.6 Å². The Balaban J connectivity index is 2.30. The molecule has 27 heavy (non-hydrogen) atoms. The van der Waals surface area contributed by atoms with Crippen LogP contribution >= 0.6 is 0 Å². The Kier molecular flexibility index (Phi) is 6.61. The fraction of sp³-hybridized carbons (Fsp3) is 0.364. The number of methoxy groups -OCH3 is 1. The lowest BCUT2D eigenvalue weighted by atomic mass is 9.98. The molecule has 5 nitrogen and oxygen atoms in total. The molecule has 0 aromatic heterocycles. The maximum absolute atomic E-state index is 12.8. The van der Waals surface area contributed by atoms with Gasteiger partial charge in [0.1, 0.15) is 12.3 Å². The van der Waals surface area contributed by atoms with E-state index in [9.17, 15) is 9.59 Å². The Morgan fingerprint density at radius 3 is 2.44 bits per heavy atom. The summed E-state index contributed by atoms with van der Waals surface area (Å²) in [6.07, 6.45) is 0. The third-order valence-electron chi connectivity index (χ3n) is 4.50. The highest BCUT2D eigenvalue weighted by atomic mass is 16.5. The van der Waals surface area contributed by atoms with E-state index < -0.39 is 0 Å². The summed E-state index contributed by atoms with van der Waals surface area (Å²) in [6.45, 7) is 9.44. The average molecular weight is 368 g/mol. The lowest BCUT2D eigenvalue weighted by molar-refractivity contribution is -0.120. The number of benzene rings is 2. The van der Waals surface area contributed by atoms with Crippen LogP contribution in [-0.2, 0) is 9.59 Å². The third kappa shape index (κ3) is 4.88. The summed E-state index contributed by atoms with van der Waals surface area (Å²) in [7, 11) is 1.55. The first kappa shape index (κ1) is 20.5. The molecule has 0 aliphatic carbocycles. The van der Waals surface area contributed by atoms with E-state index in [-0.39, 0.29) is 24.3 Å². The normalized spacial score (nSPS) is 10.6. The first-order valence-corrected chi connectivity index (χ1v) is 9.06. The van der Waals surface area contributed by atoms with Gasteiger partial charge in [0.2, 0.25) is 11.8 Å². The van der Waals surface area contributed by atoms with Gasteiger partial charge in [-0.2, -0.15) is 0 Å². The standard InChI is InChI=1S/C22H28N2O3/c1-14(2)18-9-7-8-16(4)22(18)23-21(26)13-24(17(5)25)19-12-15(3)10-11-20(19)27-6/h7-12,14H,13H2,1-6H3,(H,23,26). The summed E-state index contributed by atoms with van der Waals surface area (Å²) >= 11 is 0. The smallest absolute Gasteiger partial charge is 0.244 e. The third-order valence-corrected chi connectivity index (χ3v) is 4.50. The van der Waals surface area contributed by atoms with Crippen molar-refractivity contribution in [3.8, 4) is 5.75 Å². The van der Waals surface area contributed by atoms with Crippen LogP contribution in [-0.4, -0.2) is 25.5 Å². The van der Waals surface area contributed by atoms with Crippen LogP contribution in [0, 0.1) is 13.8 Å². The van der Waals surface area contributed by atoms with Crippen molar-refractivity contribution in [3.05, 3.63) is 53.1 Å². The summed E-state index contributed by atoms with van der Waals surface area (Å²) in [5, 5.41) is 2.99. The molecule has 2 aromatic rings. The minimum absolute atomic E-state index is 0.0823. The lowest BCUT2D eigenvalue weighted by Gasteiger charge is -2.24. The lowest BCUT2D eigenvalue weighted by Crippen LogP contribution is -2.37. The number of nitrogens with one attached hydrogen (secondary N) is 1. The van der Waals surface area contributed by atoms with E-state index in [0.29, 0.717) is 11.4 Å². The van der Waals surface area contributed by atoms with E-state index in [1.807, 2.05) is 44.2 Å². The number of ether oxygens (including phenoxy) is 1. The van der Waals surface area contributed by atoms with E-state index in [1.54, 1.807) is 13.2 Å². The van der Waals surface area contributed by atoms with E-state index in [4.69, 9.17) is 4.74 Å². The number of carbonyl (C=O) groups is 2. The molecule has 0 saturated carbocycles. The van der Waals surface area contributed by atoms with Gasteiger partial charge in [-0.05, 0) is 48.6 Å². The molecule has 0 atom stereocenters. The van der Waals surface area contributed by atoms with Gasteiger partial charge in [0.15, 0.2) is 0 Å². The number of hydrogen-bond donors (Lipinski definition) is 1. The summed E-state index contributed by atoms with van der Waals surface area (Å²) in [5.74, 6) is 0.371. The molecule has 2 aromatic carbocycles. The first-order valence-electron chi connectivity index (χ1n) is 9.06. The molecule has 0 aliphatic rings. The van der Waals surface area contributed by atoms with Crippen molar-refractivity contribution in [2.24, 2.45) is 0 Å². The minimum Gasteiger partial charge on any atom is -0.495 e. The summed E-state index contributed by atoms with van der Waals surface area (Å²) < 4.78 is 5.38. The van der Waals surface area contributed by atoms with Gasteiger partial charge in [0.25, 0.3) is 0 Å². The Morgan fingerprint density at radius 2 is 1.85 bits per heavy atom. The number of aryl methyl sites for hydroxylation is 2. The SMILES string of the molecule is COc1ccc(C)cc1N(CC(=O)Nc1c(C)cccc1C(C)C)C(C)=O. The second-order valence-corrected chi connectivity index (χ2v) is 7.02. The largest absolute Gasteiger partial charge is 0.495 e. The van der Waals surface area contributed by atoms with Gasteiger partial charge in [-0.1, -0.05) is 38.1 Å². The molecule has 0 radical (unpaired) electrons. The first-order chi connectivity index (χ1) is 12.7. The molecule has 2 rings (SSSR count). The van der Waals surface area contributed by atoms with E-state index in [1.165, 1.54) is 11.8 Å².